The van der Waals surface area contributed by atoms with E-state index in [1.807, 2.05) is 0 Å². The monoisotopic (exact) mass is 492 g/mol. The molecule has 32 heavy (non-hydrogen) atoms. The standard InChI is InChI=1S/C20H21ClN6O3S2/c21-15-4-6-18(27-14-22-13-24-27)17(10-15)25-19(28)12-31-20-7-5-16(11-23-20)32(29,30)26-8-2-1-3-9-26/h4-7,10-11,13-14H,1-3,8-9,12H2,(H,25,28). The smallest absolute Gasteiger partial charge is 0.244 e. The lowest BCUT2D eigenvalue weighted by Crippen LogP contribution is -2.35. The zero-order valence-corrected chi connectivity index (χ0v) is 19.4. The van der Waals surface area contributed by atoms with Gasteiger partial charge in [0.15, 0.2) is 0 Å². The number of hydrogen-bond acceptors (Lipinski definition) is 7. The molecule has 1 saturated heterocycles. The first-order valence-electron chi connectivity index (χ1n) is 9.97. The van der Waals surface area contributed by atoms with E-state index in [9.17, 15) is 13.2 Å². The number of pyridine rings is 1. The minimum Gasteiger partial charge on any atom is -0.323 e. The number of sulfonamides is 1. The molecule has 1 aliphatic heterocycles. The van der Waals surface area contributed by atoms with Gasteiger partial charge in [0.1, 0.15) is 17.6 Å². The third kappa shape index (κ3) is 5.29. The highest BCUT2D eigenvalue weighted by Crippen LogP contribution is 2.25. The molecule has 0 unspecified atom stereocenters. The fourth-order valence-electron chi connectivity index (χ4n) is 3.33. The molecular formula is C20H21ClN6O3S2. The average molecular weight is 493 g/mol. The lowest BCUT2D eigenvalue weighted by Gasteiger charge is -2.25. The lowest BCUT2D eigenvalue weighted by atomic mass is 10.2. The van der Waals surface area contributed by atoms with Crippen LogP contribution in [0.4, 0.5) is 5.69 Å². The van der Waals surface area contributed by atoms with Gasteiger partial charge in [-0.05, 0) is 43.2 Å². The Bertz CT molecular complexity index is 1180. The Balaban J connectivity index is 1.38. The molecule has 0 spiro atoms. The zero-order valence-electron chi connectivity index (χ0n) is 17.0. The number of nitrogens with one attached hydrogen (secondary N) is 1. The van der Waals surface area contributed by atoms with E-state index in [2.05, 4.69) is 20.4 Å². The molecule has 1 aromatic carbocycles. The molecule has 0 bridgehead atoms. The SMILES string of the molecule is O=C(CSc1ccc(S(=O)(=O)N2CCCCC2)cn1)Nc1cc(Cl)ccc1-n1cncn1. The van der Waals surface area contributed by atoms with Crippen LogP contribution in [0.25, 0.3) is 5.69 Å². The quantitative estimate of drug-likeness (QED) is 0.504. The molecule has 168 valence electrons. The summed E-state index contributed by atoms with van der Waals surface area (Å²) in [4.78, 5) is 20.8. The molecule has 3 aromatic rings. The number of aromatic nitrogens is 4. The van der Waals surface area contributed by atoms with Crippen molar-refractivity contribution in [3.8, 4) is 5.69 Å². The van der Waals surface area contributed by atoms with E-state index < -0.39 is 10.0 Å². The third-order valence-corrected chi connectivity index (χ3v) is 7.97. The number of piperidine rings is 1. The van der Waals surface area contributed by atoms with Gasteiger partial charge in [0.05, 0.1) is 22.2 Å². The number of nitrogens with zero attached hydrogens (tertiary/aromatic N) is 5. The maximum atomic E-state index is 12.7. The van der Waals surface area contributed by atoms with Crippen LogP contribution in [0.1, 0.15) is 19.3 Å². The van der Waals surface area contributed by atoms with E-state index in [0.717, 1.165) is 19.3 Å². The molecule has 1 fully saturated rings. The van der Waals surface area contributed by atoms with Crippen molar-refractivity contribution in [2.45, 2.75) is 29.2 Å². The number of hydrogen-bond donors (Lipinski definition) is 1. The average Bonchev–Trinajstić information content (AvgIpc) is 3.33. The molecule has 2 aromatic heterocycles. The van der Waals surface area contributed by atoms with Gasteiger partial charge in [0.25, 0.3) is 0 Å². The van der Waals surface area contributed by atoms with Crippen LogP contribution in [0, 0.1) is 0 Å². The van der Waals surface area contributed by atoms with E-state index in [0.29, 0.717) is 34.5 Å². The van der Waals surface area contributed by atoms with Gasteiger partial charge in [0.2, 0.25) is 15.9 Å². The highest BCUT2D eigenvalue weighted by Gasteiger charge is 2.26. The van der Waals surface area contributed by atoms with Crippen LogP contribution >= 0.6 is 23.4 Å². The van der Waals surface area contributed by atoms with E-state index in [-0.39, 0.29) is 16.6 Å². The summed E-state index contributed by atoms with van der Waals surface area (Å²) in [6.45, 7) is 1.08. The Morgan fingerprint density at radius 2 is 1.97 bits per heavy atom. The second-order valence-corrected chi connectivity index (χ2v) is 10.5. The van der Waals surface area contributed by atoms with Crippen molar-refractivity contribution in [2.24, 2.45) is 0 Å². The number of rotatable bonds is 7. The summed E-state index contributed by atoms with van der Waals surface area (Å²) in [6.07, 6.45) is 7.08. The van der Waals surface area contributed by atoms with Crippen molar-refractivity contribution in [3.63, 3.8) is 0 Å². The van der Waals surface area contributed by atoms with Crippen molar-refractivity contribution >= 4 is 45.0 Å². The number of carbonyl (C=O) groups excluding carboxylic acids is 1. The Labute approximate surface area is 195 Å². The molecule has 3 heterocycles. The van der Waals surface area contributed by atoms with E-state index >= 15 is 0 Å². The van der Waals surface area contributed by atoms with Crippen LogP contribution in [-0.4, -0.2) is 57.2 Å². The number of benzene rings is 1. The molecule has 0 aliphatic carbocycles. The third-order valence-electron chi connectivity index (χ3n) is 4.91. The number of anilines is 1. The number of halogens is 1. The highest BCUT2D eigenvalue weighted by atomic mass is 35.5. The van der Waals surface area contributed by atoms with Crippen LogP contribution in [-0.2, 0) is 14.8 Å². The van der Waals surface area contributed by atoms with Crippen molar-refractivity contribution < 1.29 is 13.2 Å². The molecule has 0 atom stereocenters. The largest absolute Gasteiger partial charge is 0.323 e. The number of carbonyl (C=O) groups is 1. The second kappa shape index (κ2) is 9.99. The summed E-state index contributed by atoms with van der Waals surface area (Å²) in [5.41, 5.74) is 1.14. The molecule has 4 rings (SSSR count). The molecule has 1 aliphatic rings. The van der Waals surface area contributed by atoms with Gasteiger partial charge < -0.3 is 5.32 Å². The normalized spacial score (nSPS) is 14.9. The molecule has 9 nitrogen and oxygen atoms in total. The van der Waals surface area contributed by atoms with Crippen LogP contribution in [0.15, 0.2) is 59.1 Å². The summed E-state index contributed by atoms with van der Waals surface area (Å²) >= 11 is 7.29. The fourth-order valence-corrected chi connectivity index (χ4v) is 5.60. The van der Waals surface area contributed by atoms with Crippen molar-refractivity contribution in [1.82, 2.24) is 24.1 Å². The summed E-state index contributed by atoms with van der Waals surface area (Å²) < 4.78 is 28.5. The van der Waals surface area contributed by atoms with Crippen LogP contribution < -0.4 is 5.32 Å². The van der Waals surface area contributed by atoms with Crippen LogP contribution in [0.2, 0.25) is 5.02 Å². The molecule has 1 amide bonds. The maximum absolute atomic E-state index is 12.7. The Morgan fingerprint density at radius 1 is 1.16 bits per heavy atom. The van der Waals surface area contributed by atoms with E-state index in [4.69, 9.17) is 11.6 Å². The van der Waals surface area contributed by atoms with Gasteiger partial charge in [-0.15, -0.1) is 0 Å². The highest BCUT2D eigenvalue weighted by molar-refractivity contribution is 7.99. The maximum Gasteiger partial charge on any atom is 0.244 e. The Morgan fingerprint density at radius 3 is 2.66 bits per heavy atom. The van der Waals surface area contributed by atoms with Crippen molar-refractivity contribution in [2.75, 3.05) is 24.2 Å². The minimum atomic E-state index is -3.52. The molecule has 12 heteroatoms. The van der Waals surface area contributed by atoms with Crippen molar-refractivity contribution in [3.05, 3.63) is 54.2 Å². The fraction of sp³-hybridized carbons (Fsp3) is 0.300. The van der Waals surface area contributed by atoms with Gasteiger partial charge in [-0.2, -0.15) is 9.40 Å². The summed E-state index contributed by atoms with van der Waals surface area (Å²) in [7, 11) is -3.52. The predicted octanol–water partition coefficient (Wildman–Crippen LogP) is 3.22. The summed E-state index contributed by atoms with van der Waals surface area (Å²) in [5.74, 6) is -0.167. The molecule has 0 radical (unpaired) electrons. The Kier molecular flexibility index (Phi) is 7.09. The van der Waals surface area contributed by atoms with Gasteiger partial charge in [-0.1, -0.05) is 29.8 Å². The van der Waals surface area contributed by atoms with Gasteiger partial charge in [-0.25, -0.2) is 23.1 Å². The van der Waals surface area contributed by atoms with Crippen molar-refractivity contribution in [1.29, 1.82) is 0 Å². The topological polar surface area (TPSA) is 110 Å². The Hall–Kier alpha value is -2.47. The first kappa shape index (κ1) is 22.7. The predicted molar refractivity (Wildman–Crippen MR) is 123 cm³/mol. The van der Waals surface area contributed by atoms with Crippen LogP contribution in [0.3, 0.4) is 0 Å². The first-order valence-corrected chi connectivity index (χ1v) is 12.8. The van der Waals surface area contributed by atoms with Crippen LogP contribution in [0.5, 0.6) is 0 Å². The lowest BCUT2D eigenvalue weighted by molar-refractivity contribution is -0.113. The molecule has 0 saturated carbocycles. The van der Waals surface area contributed by atoms with E-state index in [1.54, 1.807) is 24.3 Å². The molecule has 1 N–H and O–H groups in total. The van der Waals surface area contributed by atoms with Gasteiger partial charge in [-0.3, -0.25) is 4.79 Å². The summed E-state index contributed by atoms with van der Waals surface area (Å²) in [6, 6.07) is 8.24. The molecular weight excluding hydrogens is 472 g/mol. The second-order valence-electron chi connectivity index (χ2n) is 7.14. The zero-order chi connectivity index (χ0) is 22.6. The van der Waals surface area contributed by atoms with Gasteiger partial charge >= 0.3 is 0 Å². The summed E-state index contributed by atoms with van der Waals surface area (Å²) in [5, 5.41) is 7.94. The first-order chi connectivity index (χ1) is 15.4. The minimum absolute atomic E-state index is 0.0918. The van der Waals surface area contributed by atoms with Gasteiger partial charge in [0, 0.05) is 24.3 Å². The number of thioether (sulfide) groups is 1. The van der Waals surface area contributed by atoms with E-state index in [1.165, 1.54) is 45.7 Å². The number of amides is 1.